The monoisotopic (exact) mass is 620 g/mol. The van der Waals surface area contributed by atoms with Gasteiger partial charge in [0.1, 0.15) is 17.2 Å². The summed E-state index contributed by atoms with van der Waals surface area (Å²) in [4.78, 5) is 36.4. The number of carboxylic acids is 1. The zero-order chi connectivity index (χ0) is 29.8. The lowest BCUT2D eigenvalue weighted by Gasteiger charge is -2.09. The lowest BCUT2D eigenvalue weighted by atomic mass is 10.1. The number of ether oxygens (including phenoxy) is 1. The predicted octanol–water partition coefficient (Wildman–Crippen LogP) is 7.21. The molecule has 0 aliphatic carbocycles. The number of aromatic hydroxyl groups is 1. The first-order valence-corrected chi connectivity index (χ1v) is 13.6. The minimum absolute atomic E-state index is 0.0653. The molecule has 0 atom stereocenters. The van der Waals surface area contributed by atoms with Crippen LogP contribution in [0.4, 0.5) is 10.8 Å². The molecular weight excluding hydrogens is 603 g/mol. The number of anilines is 2. The second-order valence-electron chi connectivity index (χ2n) is 8.64. The van der Waals surface area contributed by atoms with Gasteiger partial charge in [0.2, 0.25) is 5.13 Å². The van der Waals surface area contributed by atoms with Gasteiger partial charge in [0.25, 0.3) is 11.8 Å². The molecule has 5 rings (SSSR count). The van der Waals surface area contributed by atoms with Crippen LogP contribution in [0, 0.1) is 0 Å². The smallest absolute Gasteiger partial charge is 0.335 e. The number of carbonyl (C=O) groups excluding carboxylic acids is 2. The van der Waals surface area contributed by atoms with Crippen molar-refractivity contribution < 1.29 is 29.3 Å². The Labute approximate surface area is 252 Å². The van der Waals surface area contributed by atoms with Crippen molar-refractivity contribution in [2.75, 3.05) is 10.6 Å². The Kier molecular flexibility index (Phi) is 8.34. The normalized spacial score (nSPS) is 10.6. The minimum atomic E-state index is -1.02. The van der Waals surface area contributed by atoms with E-state index in [1.54, 1.807) is 36.4 Å². The van der Waals surface area contributed by atoms with Crippen molar-refractivity contribution in [3.63, 3.8) is 0 Å². The molecule has 2 amide bonds. The van der Waals surface area contributed by atoms with E-state index in [-0.39, 0.29) is 38.5 Å². The molecular formula is C29H18Cl2N4O6S. The van der Waals surface area contributed by atoms with Gasteiger partial charge in [-0.15, -0.1) is 10.2 Å². The van der Waals surface area contributed by atoms with E-state index >= 15 is 0 Å². The van der Waals surface area contributed by atoms with Crippen LogP contribution in [0.5, 0.6) is 17.2 Å². The minimum Gasteiger partial charge on any atom is -0.506 e. The van der Waals surface area contributed by atoms with Crippen LogP contribution in [0.2, 0.25) is 10.0 Å². The summed E-state index contributed by atoms with van der Waals surface area (Å²) in [6.45, 7) is 0. The largest absolute Gasteiger partial charge is 0.506 e. The van der Waals surface area contributed by atoms with Gasteiger partial charge in [-0.1, -0.05) is 34.5 Å². The summed E-state index contributed by atoms with van der Waals surface area (Å²) in [6, 6.07) is 21.6. The molecule has 42 heavy (non-hydrogen) atoms. The highest BCUT2D eigenvalue weighted by Gasteiger charge is 2.17. The second kappa shape index (κ2) is 12.3. The maximum atomic E-state index is 12.7. The molecule has 0 radical (unpaired) electrons. The first-order valence-electron chi connectivity index (χ1n) is 12.0. The number of amides is 2. The van der Waals surface area contributed by atoms with E-state index in [2.05, 4.69) is 20.8 Å². The molecule has 1 heterocycles. The Bertz CT molecular complexity index is 1790. The SMILES string of the molecule is O=C(O)c1ccc(Oc2ccc(NC(=O)c3ccc(C(=O)Nc4nnc(-c5cc(Cl)cc(Cl)c5O)s4)cc3)cc2)cc1. The number of carboxylic acid groups (broad SMARTS) is 1. The number of phenols is 1. The lowest BCUT2D eigenvalue weighted by molar-refractivity contribution is 0.0696. The number of hydrogen-bond acceptors (Lipinski definition) is 8. The summed E-state index contributed by atoms with van der Waals surface area (Å²) in [6.07, 6.45) is 0. The van der Waals surface area contributed by atoms with E-state index in [4.69, 9.17) is 33.0 Å². The van der Waals surface area contributed by atoms with E-state index in [1.807, 2.05) is 0 Å². The molecule has 4 N–H and O–H groups in total. The summed E-state index contributed by atoms with van der Waals surface area (Å²) in [5, 5.41) is 33.4. The van der Waals surface area contributed by atoms with Crippen LogP contribution < -0.4 is 15.4 Å². The number of aromatic nitrogens is 2. The highest BCUT2D eigenvalue weighted by molar-refractivity contribution is 7.18. The second-order valence-corrected chi connectivity index (χ2v) is 10.5. The Balaban J connectivity index is 1.17. The third-order valence-electron chi connectivity index (χ3n) is 5.76. The van der Waals surface area contributed by atoms with Crippen molar-refractivity contribution >= 4 is 63.1 Å². The van der Waals surface area contributed by atoms with E-state index < -0.39 is 11.9 Å². The van der Waals surface area contributed by atoms with Crippen molar-refractivity contribution in [1.82, 2.24) is 10.2 Å². The van der Waals surface area contributed by atoms with Crippen molar-refractivity contribution in [3.8, 4) is 27.8 Å². The zero-order valence-corrected chi connectivity index (χ0v) is 23.5. The highest BCUT2D eigenvalue weighted by Crippen LogP contribution is 2.39. The van der Waals surface area contributed by atoms with Gasteiger partial charge in [-0.2, -0.15) is 0 Å². The Morgan fingerprint density at radius 1 is 0.738 bits per heavy atom. The van der Waals surface area contributed by atoms with Crippen LogP contribution >= 0.6 is 34.5 Å². The first kappa shape index (κ1) is 28.6. The maximum Gasteiger partial charge on any atom is 0.335 e. The average Bonchev–Trinajstić information content (AvgIpc) is 3.44. The first-order chi connectivity index (χ1) is 20.2. The molecule has 0 spiro atoms. The summed E-state index contributed by atoms with van der Waals surface area (Å²) in [5.41, 5.74) is 1.58. The van der Waals surface area contributed by atoms with E-state index in [1.165, 1.54) is 48.5 Å². The van der Waals surface area contributed by atoms with Gasteiger partial charge >= 0.3 is 5.97 Å². The molecule has 0 fully saturated rings. The van der Waals surface area contributed by atoms with Gasteiger partial charge in [0.15, 0.2) is 5.01 Å². The van der Waals surface area contributed by atoms with Crippen LogP contribution in [0.3, 0.4) is 0 Å². The summed E-state index contributed by atoms with van der Waals surface area (Å²) >= 11 is 13.0. The summed E-state index contributed by atoms with van der Waals surface area (Å²) in [5.74, 6) is -1.09. The van der Waals surface area contributed by atoms with Crippen molar-refractivity contribution in [2.45, 2.75) is 0 Å². The molecule has 1 aromatic heterocycles. The Morgan fingerprint density at radius 3 is 1.88 bits per heavy atom. The summed E-state index contributed by atoms with van der Waals surface area (Å²) < 4.78 is 5.70. The van der Waals surface area contributed by atoms with Gasteiger partial charge in [-0.25, -0.2) is 4.79 Å². The van der Waals surface area contributed by atoms with Gasteiger partial charge in [-0.3, -0.25) is 14.9 Å². The van der Waals surface area contributed by atoms with Crippen molar-refractivity contribution in [3.05, 3.63) is 112 Å². The molecule has 0 unspecified atom stereocenters. The third kappa shape index (κ3) is 6.66. The number of benzene rings is 4. The number of phenolic OH excluding ortho intramolecular Hbond substituents is 1. The van der Waals surface area contributed by atoms with Crippen LogP contribution in [0.1, 0.15) is 31.1 Å². The molecule has 0 aliphatic rings. The number of halogens is 2. The predicted molar refractivity (Wildman–Crippen MR) is 159 cm³/mol. The third-order valence-corrected chi connectivity index (χ3v) is 7.14. The van der Waals surface area contributed by atoms with Gasteiger partial charge in [-0.05, 0) is 84.9 Å². The van der Waals surface area contributed by atoms with Crippen molar-refractivity contribution in [1.29, 1.82) is 0 Å². The number of hydrogen-bond donors (Lipinski definition) is 4. The highest BCUT2D eigenvalue weighted by atomic mass is 35.5. The Hall–Kier alpha value is -4.97. The lowest BCUT2D eigenvalue weighted by Crippen LogP contribution is -2.14. The zero-order valence-electron chi connectivity index (χ0n) is 21.2. The molecule has 0 bridgehead atoms. The van der Waals surface area contributed by atoms with Crippen molar-refractivity contribution in [2.24, 2.45) is 0 Å². The molecule has 0 aliphatic heterocycles. The van der Waals surface area contributed by atoms with Crippen LogP contribution in [-0.2, 0) is 0 Å². The van der Waals surface area contributed by atoms with Crippen LogP contribution in [0.15, 0.2) is 84.9 Å². The average molecular weight is 621 g/mol. The standard InChI is InChI=1S/C29H18Cl2N4O6S/c30-18-13-22(24(36)23(31)14-18)27-34-35-29(42-27)33-26(38)16-3-1-15(2-4-16)25(37)32-19-7-11-21(12-8-19)41-20-9-5-17(6-10-20)28(39)40/h1-14,36H,(H,32,37)(H,39,40)(H,33,35,38). The Morgan fingerprint density at radius 2 is 1.29 bits per heavy atom. The number of aromatic carboxylic acids is 1. The molecule has 0 saturated carbocycles. The summed E-state index contributed by atoms with van der Waals surface area (Å²) in [7, 11) is 0. The fourth-order valence-corrected chi connectivity index (χ4v) is 4.91. The number of nitrogens with one attached hydrogen (secondary N) is 2. The van der Waals surface area contributed by atoms with E-state index in [9.17, 15) is 19.5 Å². The fourth-order valence-electron chi connectivity index (χ4n) is 3.67. The molecule has 210 valence electrons. The number of rotatable bonds is 8. The van der Waals surface area contributed by atoms with Gasteiger partial charge in [0, 0.05) is 21.8 Å². The quantitative estimate of drug-likeness (QED) is 0.142. The number of nitrogens with zero attached hydrogens (tertiary/aromatic N) is 2. The van der Waals surface area contributed by atoms with Gasteiger partial charge < -0.3 is 20.3 Å². The van der Waals surface area contributed by atoms with E-state index in [0.717, 1.165) is 11.3 Å². The molecule has 10 nitrogen and oxygen atoms in total. The topological polar surface area (TPSA) is 151 Å². The fraction of sp³-hybridized carbons (Fsp3) is 0. The number of carbonyl (C=O) groups is 3. The van der Waals surface area contributed by atoms with E-state index in [0.29, 0.717) is 32.8 Å². The molecule has 4 aromatic carbocycles. The molecule has 13 heteroatoms. The van der Waals surface area contributed by atoms with Crippen LogP contribution in [0.25, 0.3) is 10.6 Å². The molecule has 5 aromatic rings. The maximum absolute atomic E-state index is 12.7. The van der Waals surface area contributed by atoms with Crippen LogP contribution in [-0.4, -0.2) is 38.2 Å². The molecule has 0 saturated heterocycles. The van der Waals surface area contributed by atoms with Gasteiger partial charge in [0.05, 0.1) is 16.1 Å².